The first-order valence-corrected chi connectivity index (χ1v) is 5.09. The topological polar surface area (TPSA) is 39.9 Å². The van der Waals surface area contributed by atoms with Gasteiger partial charge in [0.25, 0.3) is 0 Å². The molecule has 84 valence electrons. The molecule has 0 radical (unpaired) electrons. The zero-order chi connectivity index (χ0) is 11.5. The van der Waals surface area contributed by atoms with E-state index < -0.39 is 5.82 Å². The molecule has 0 atom stereocenters. The van der Waals surface area contributed by atoms with Crippen LogP contribution < -0.4 is 4.74 Å². The molecule has 0 saturated heterocycles. The molecule has 1 heterocycles. The van der Waals surface area contributed by atoms with E-state index in [9.17, 15) is 4.39 Å². The summed E-state index contributed by atoms with van der Waals surface area (Å²) in [5.74, 6) is 0.0440. The number of nitrogens with zero attached hydrogens (tertiary/aromatic N) is 3. The molecule has 16 heavy (non-hydrogen) atoms. The zero-order valence-electron chi connectivity index (χ0n) is 8.52. The highest BCUT2D eigenvalue weighted by Crippen LogP contribution is 2.20. The van der Waals surface area contributed by atoms with Gasteiger partial charge >= 0.3 is 0 Å². The van der Waals surface area contributed by atoms with Crippen LogP contribution in [0.4, 0.5) is 4.39 Å². The number of hydrogen-bond donors (Lipinski definition) is 0. The molecule has 0 saturated carbocycles. The average Bonchev–Trinajstić information content (AvgIpc) is 2.78. The number of methoxy groups -OCH3 is 1. The van der Waals surface area contributed by atoms with Crippen molar-refractivity contribution in [1.29, 1.82) is 0 Å². The van der Waals surface area contributed by atoms with Crippen LogP contribution in [0.2, 0.25) is 0 Å². The molecule has 0 bridgehead atoms. The van der Waals surface area contributed by atoms with E-state index in [1.165, 1.54) is 17.9 Å². The second kappa shape index (κ2) is 4.49. The summed E-state index contributed by atoms with van der Waals surface area (Å²) < 4.78 is 19.6. The summed E-state index contributed by atoms with van der Waals surface area (Å²) >= 11 is 5.61. The Morgan fingerprint density at radius 2 is 2.31 bits per heavy atom. The predicted octanol–water partition coefficient (Wildman–Crippen LogP) is 2.15. The van der Waals surface area contributed by atoms with E-state index in [4.69, 9.17) is 16.3 Å². The van der Waals surface area contributed by atoms with E-state index in [1.54, 1.807) is 18.3 Å². The van der Waals surface area contributed by atoms with E-state index in [1.807, 2.05) is 0 Å². The fourth-order valence-electron chi connectivity index (χ4n) is 1.28. The van der Waals surface area contributed by atoms with Crippen molar-refractivity contribution in [3.05, 3.63) is 35.9 Å². The molecule has 0 aliphatic heterocycles. The van der Waals surface area contributed by atoms with Gasteiger partial charge in [0.2, 0.25) is 0 Å². The Balaban J connectivity index is 2.40. The second-order valence-electron chi connectivity index (χ2n) is 3.11. The van der Waals surface area contributed by atoms with Crippen molar-refractivity contribution >= 4 is 11.6 Å². The molecule has 0 unspecified atom stereocenters. The molecule has 2 rings (SSSR count). The predicted molar refractivity (Wildman–Crippen MR) is 57.4 cm³/mol. The molecule has 0 aliphatic carbocycles. The maximum Gasteiger partial charge on any atom is 0.165 e. The Kier molecular flexibility index (Phi) is 3.05. The Morgan fingerprint density at radius 3 is 2.94 bits per heavy atom. The standard InChI is InChI=1S/C10H9ClFN3O/c1-16-10-4-8(2-3-9(10)12)15-6-7(5-11)13-14-15/h2-4,6H,5H2,1H3. The van der Waals surface area contributed by atoms with E-state index in [0.29, 0.717) is 17.3 Å². The van der Waals surface area contributed by atoms with E-state index >= 15 is 0 Å². The Hall–Kier alpha value is -1.62. The molecule has 1 aromatic heterocycles. The maximum absolute atomic E-state index is 13.2. The van der Waals surface area contributed by atoms with Gasteiger partial charge in [0.05, 0.1) is 30.6 Å². The van der Waals surface area contributed by atoms with Crippen molar-refractivity contribution in [3.8, 4) is 11.4 Å². The number of halogens is 2. The molecule has 6 heteroatoms. The van der Waals surface area contributed by atoms with Gasteiger partial charge in [-0.2, -0.15) is 0 Å². The summed E-state index contributed by atoms with van der Waals surface area (Å²) in [5.41, 5.74) is 1.33. The molecule has 1 aromatic carbocycles. The van der Waals surface area contributed by atoms with Crippen LogP contribution in [0.25, 0.3) is 5.69 Å². The fraction of sp³-hybridized carbons (Fsp3) is 0.200. The third-order valence-corrected chi connectivity index (χ3v) is 2.35. The van der Waals surface area contributed by atoms with Gasteiger partial charge in [-0.25, -0.2) is 9.07 Å². The lowest BCUT2D eigenvalue weighted by Crippen LogP contribution is -1.97. The molecule has 0 amide bonds. The van der Waals surface area contributed by atoms with Crippen molar-refractivity contribution in [1.82, 2.24) is 15.0 Å². The highest BCUT2D eigenvalue weighted by molar-refractivity contribution is 6.16. The van der Waals surface area contributed by atoms with Crippen LogP contribution >= 0.6 is 11.6 Å². The van der Waals surface area contributed by atoms with Crippen molar-refractivity contribution < 1.29 is 9.13 Å². The minimum atomic E-state index is -0.413. The van der Waals surface area contributed by atoms with Gasteiger partial charge in [-0.1, -0.05) is 5.21 Å². The van der Waals surface area contributed by atoms with Crippen LogP contribution in [0.5, 0.6) is 5.75 Å². The molecule has 4 nitrogen and oxygen atoms in total. The lowest BCUT2D eigenvalue weighted by atomic mass is 10.3. The molecular weight excluding hydrogens is 233 g/mol. The van der Waals surface area contributed by atoms with Crippen LogP contribution in [-0.2, 0) is 5.88 Å². The first-order chi connectivity index (χ1) is 7.74. The van der Waals surface area contributed by atoms with Gasteiger partial charge in [0.15, 0.2) is 11.6 Å². The third kappa shape index (κ3) is 1.99. The molecule has 0 spiro atoms. The average molecular weight is 242 g/mol. The van der Waals surface area contributed by atoms with Crippen LogP contribution in [0.15, 0.2) is 24.4 Å². The van der Waals surface area contributed by atoms with Crippen LogP contribution in [-0.4, -0.2) is 22.1 Å². The summed E-state index contributed by atoms with van der Waals surface area (Å²) in [6.07, 6.45) is 1.68. The van der Waals surface area contributed by atoms with Gasteiger partial charge in [0.1, 0.15) is 0 Å². The smallest absolute Gasteiger partial charge is 0.165 e. The minimum Gasteiger partial charge on any atom is -0.494 e. The summed E-state index contributed by atoms with van der Waals surface area (Å²) in [7, 11) is 1.41. The summed E-state index contributed by atoms with van der Waals surface area (Å²) in [4.78, 5) is 0. The summed E-state index contributed by atoms with van der Waals surface area (Å²) in [5, 5.41) is 7.70. The summed E-state index contributed by atoms with van der Waals surface area (Å²) in [6.45, 7) is 0. The van der Waals surface area contributed by atoms with Crippen molar-refractivity contribution in [2.24, 2.45) is 0 Å². The number of alkyl halides is 1. The van der Waals surface area contributed by atoms with Gasteiger partial charge in [-0.05, 0) is 12.1 Å². The van der Waals surface area contributed by atoms with Gasteiger partial charge in [0, 0.05) is 6.07 Å². The van der Waals surface area contributed by atoms with E-state index in [0.717, 1.165) is 0 Å². The second-order valence-corrected chi connectivity index (χ2v) is 3.37. The van der Waals surface area contributed by atoms with Crippen molar-refractivity contribution in [2.75, 3.05) is 7.11 Å². The van der Waals surface area contributed by atoms with Crippen LogP contribution in [0.1, 0.15) is 5.69 Å². The number of aromatic nitrogens is 3. The lowest BCUT2D eigenvalue weighted by Gasteiger charge is -2.04. The van der Waals surface area contributed by atoms with E-state index in [2.05, 4.69) is 10.3 Å². The van der Waals surface area contributed by atoms with E-state index in [-0.39, 0.29) is 5.75 Å². The monoisotopic (exact) mass is 241 g/mol. The fourth-order valence-corrected chi connectivity index (χ4v) is 1.40. The Labute approximate surface area is 96.6 Å². The molecule has 2 aromatic rings. The van der Waals surface area contributed by atoms with Gasteiger partial charge in [-0.15, -0.1) is 16.7 Å². The molecule has 0 fully saturated rings. The maximum atomic E-state index is 13.2. The largest absolute Gasteiger partial charge is 0.494 e. The zero-order valence-corrected chi connectivity index (χ0v) is 9.28. The Morgan fingerprint density at radius 1 is 1.50 bits per heavy atom. The normalized spacial score (nSPS) is 10.4. The SMILES string of the molecule is COc1cc(-n2cc(CCl)nn2)ccc1F. The highest BCUT2D eigenvalue weighted by atomic mass is 35.5. The first-order valence-electron chi connectivity index (χ1n) is 4.55. The van der Waals surface area contributed by atoms with Gasteiger partial charge in [-0.3, -0.25) is 0 Å². The number of ether oxygens (including phenoxy) is 1. The van der Waals surface area contributed by atoms with Gasteiger partial charge < -0.3 is 4.74 Å². The molecule has 0 N–H and O–H groups in total. The van der Waals surface area contributed by atoms with Crippen molar-refractivity contribution in [3.63, 3.8) is 0 Å². The first kappa shape index (κ1) is 10.9. The quantitative estimate of drug-likeness (QED) is 0.773. The third-order valence-electron chi connectivity index (χ3n) is 2.08. The number of hydrogen-bond acceptors (Lipinski definition) is 3. The minimum absolute atomic E-state index is 0.167. The molecule has 0 aliphatic rings. The van der Waals surface area contributed by atoms with Crippen LogP contribution in [0, 0.1) is 5.82 Å². The van der Waals surface area contributed by atoms with Crippen molar-refractivity contribution in [2.45, 2.75) is 5.88 Å². The summed E-state index contributed by atoms with van der Waals surface area (Å²) in [6, 6.07) is 4.45. The highest BCUT2D eigenvalue weighted by Gasteiger charge is 2.06. The van der Waals surface area contributed by atoms with Crippen LogP contribution in [0.3, 0.4) is 0 Å². The lowest BCUT2D eigenvalue weighted by molar-refractivity contribution is 0.386. The number of benzene rings is 1. The number of rotatable bonds is 3. The Bertz CT molecular complexity index is 501. The molecular formula is C10H9ClFN3O.